The number of amidine groups is 1. The topological polar surface area (TPSA) is 146 Å². The van der Waals surface area contributed by atoms with Crippen molar-refractivity contribution in [1.29, 1.82) is 6.86 Å². The van der Waals surface area contributed by atoms with Gasteiger partial charge in [-0.1, -0.05) is 57.9 Å². The fourth-order valence-electron chi connectivity index (χ4n) is 4.21. The van der Waals surface area contributed by atoms with Gasteiger partial charge in [0, 0.05) is 24.2 Å². The van der Waals surface area contributed by atoms with E-state index < -0.39 is 24.3 Å². The average Bonchev–Trinajstić information content (AvgIpc) is 2.92. The number of carbonyl (C=O) groups is 3. The van der Waals surface area contributed by atoms with Crippen molar-refractivity contribution in [1.82, 2.24) is 10.2 Å². The zero-order valence-electron chi connectivity index (χ0n) is 22.0. The molecule has 0 spiro atoms. The number of nitrogen functional groups attached to an aromatic ring is 1. The number of benzene rings is 2. The maximum Gasteiger partial charge on any atom is 0.305 e. The van der Waals surface area contributed by atoms with Crippen LogP contribution in [0.15, 0.2) is 42.5 Å². The molecule has 3 rings (SSSR count). The monoisotopic (exact) mass is 532 g/mol. The van der Waals surface area contributed by atoms with Crippen molar-refractivity contribution in [2.75, 3.05) is 13.1 Å². The molecule has 0 saturated carbocycles. The van der Waals surface area contributed by atoms with Gasteiger partial charge in [-0.3, -0.25) is 24.5 Å². The predicted molar refractivity (Wildman–Crippen MR) is 145 cm³/mol. The Kier molecular flexibility index (Phi) is 12.2. The number of halogens is 1. The van der Waals surface area contributed by atoms with Crippen LogP contribution in [0.2, 0.25) is 0 Å². The van der Waals surface area contributed by atoms with Gasteiger partial charge in [-0.25, -0.2) is 0 Å². The summed E-state index contributed by atoms with van der Waals surface area (Å²) in [4.78, 5) is 38.8. The molecule has 38 heavy (non-hydrogen) atoms. The Morgan fingerprint density at radius 2 is 1.92 bits per heavy atom. The lowest BCUT2D eigenvalue weighted by Gasteiger charge is -2.34. The van der Waals surface area contributed by atoms with Gasteiger partial charge in [-0.15, -0.1) is 0 Å². The largest absolute Gasteiger partial charge is 0.489 e. The van der Waals surface area contributed by atoms with Gasteiger partial charge >= 0.3 is 5.97 Å². The van der Waals surface area contributed by atoms with Crippen LogP contribution in [0, 0.1) is 5.41 Å². The van der Waals surface area contributed by atoms with E-state index >= 15 is 0 Å². The highest BCUT2D eigenvalue weighted by atomic mass is 19.0. The molecule has 1 aliphatic rings. The van der Waals surface area contributed by atoms with Gasteiger partial charge in [0.15, 0.2) is 0 Å². The highest BCUT2D eigenvalue weighted by molar-refractivity contribution is 6.00. The molecule has 2 aromatic carbocycles. The lowest BCUT2D eigenvalue weighted by atomic mass is 9.96. The second-order valence-corrected chi connectivity index (χ2v) is 8.93. The van der Waals surface area contributed by atoms with Gasteiger partial charge in [0.1, 0.15) is 24.2 Å². The van der Waals surface area contributed by atoms with Crippen LogP contribution in [0.4, 0.5) is 4.72 Å². The Morgan fingerprint density at radius 3 is 2.55 bits per heavy atom. The van der Waals surface area contributed by atoms with Crippen molar-refractivity contribution >= 4 is 23.6 Å². The van der Waals surface area contributed by atoms with Crippen LogP contribution < -0.4 is 15.8 Å². The molecular formula is C28H39FN4O5. The standard InChI is InChI=1S/C27H34N4O5.CH4.FH/c1-2-3-4-5-13-30-26(34)23(16-24(32)33)31-14-12-20-15-21(10-11-22(20)27(31)35)36-17-18-6-8-19(9-7-18)25(28)29;;/h6-11,15,23H,2-5,12-14,16-17H2,1H3,(H3,28,29)(H,30,34)(H,32,33);1H4;1H/i/hT. The second kappa shape index (κ2) is 15.3. The summed E-state index contributed by atoms with van der Waals surface area (Å²) < 4.78 is 18.9. The Balaban J connectivity index is 0.00000248. The fraction of sp³-hybridized carbons (Fsp3) is 0.429. The van der Waals surface area contributed by atoms with E-state index in [1.54, 1.807) is 24.3 Å². The summed E-state index contributed by atoms with van der Waals surface area (Å²) in [6.07, 6.45) is 4.02. The first-order chi connectivity index (χ1) is 18.3. The first kappa shape index (κ1) is 30.3. The lowest BCUT2D eigenvalue weighted by Crippen LogP contribution is -2.53. The normalized spacial score (nSPS) is 13.1. The molecule has 5 N–H and O–H groups in total. The SMILES string of the molecule is C.CCCCCCNC(=O)C(CC(=O)O)N1CCc2cc(OCc3ccc(C(=N)N)cc3)ccc2C1=O.[3H]F. The number of carboxylic acid groups (broad SMARTS) is 1. The first-order valence-corrected chi connectivity index (χ1v) is 12.3. The summed E-state index contributed by atoms with van der Waals surface area (Å²) in [6.45, 7) is 3.14. The third-order valence-corrected chi connectivity index (χ3v) is 6.24. The smallest absolute Gasteiger partial charge is 0.305 e. The lowest BCUT2D eigenvalue weighted by molar-refractivity contribution is -0.141. The average molecular weight is 533 g/mol. The van der Waals surface area contributed by atoms with Crippen molar-refractivity contribution in [2.45, 2.75) is 65.5 Å². The third-order valence-electron chi connectivity index (χ3n) is 6.24. The van der Waals surface area contributed by atoms with Gasteiger partial charge in [-0.2, -0.15) is 0 Å². The molecule has 0 aliphatic carbocycles. The molecule has 1 atom stereocenters. The van der Waals surface area contributed by atoms with Crippen LogP contribution in [0.5, 0.6) is 5.75 Å². The minimum absolute atomic E-state index is 0. The molecule has 0 aromatic heterocycles. The van der Waals surface area contributed by atoms with Gasteiger partial charge in [-0.05, 0) is 42.2 Å². The highest BCUT2D eigenvalue weighted by Crippen LogP contribution is 2.26. The van der Waals surface area contributed by atoms with E-state index in [4.69, 9.17) is 20.6 Å². The Bertz CT molecular complexity index is 1110. The molecule has 2 aromatic rings. The molecule has 10 heteroatoms. The number of nitrogens with zero attached hydrogens (tertiary/aromatic N) is 1. The van der Waals surface area contributed by atoms with Gasteiger partial charge in [0.2, 0.25) is 5.91 Å². The van der Waals surface area contributed by atoms with Gasteiger partial charge < -0.3 is 25.8 Å². The number of amides is 2. The zero-order valence-corrected chi connectivity index (χ0v) is 21.0. The van der Waals surface area contributed by atoms with Gasteiger partial charge in [0.25, 0.3) is 7.36 Å². The number of rotatable bonds is 13. The van der Waals surface area contributed by atoms with Crippen LogP contribution in [0.1, 0.15) is 73.5 Å². The molecule has 0 fully saturated rings. The molecule has 2 amide bonds. The van der Waals surface area contributed by atoms with Crippen LogP contribution in [-0.4, -0.2) is 54.2 Å². The predicted octanol–water partition coefficient (Wildman–Crippen LogP) is 3.88. The molecule has 0 radical (unpaired) electrons. The molecule has 0 bridgehead atoms. The van der Waals surface area contributed by atoms with E-state index in [1.807, 2.05) is 18.2 Å². The van der Waals surface area contributed by atoms with Crippen LogP contribution in [0.25, 0.3) is 0 Å². The van der Waals surface area contributed by atoms with E-state index in [0.29, 0.717) is 36.4 Å². The van der Waals surface area contributed by atoms with Crippen LogP contribution >= 0.6 is 0 Å². The third kappa shape index (κ3) is 8.57. The summed E-state index contributed by atoms with van der Waals surface area (Å²) in [5, 5.41) is 19.6. The first-order valence-electron chi connectivity index (χ1n) is 12.7. The van der Waals surface area contributed by atoms with Crippen molar-refractivity contribution < 1.29 is 28.9 Å². The summed E-state index contributed by atoms with van der Waals surface area (Å²) in [5.74, 6) is -1.29. The Morgan fingerprint density at radius 1 is 1.21 bits per heavy atom. The molecule has 1 unspecified atom stereocenters. The number of hydrogen-bond acceptors (Lipinski definition) is 5. The summed E-state index contributed by atoms with van der Waals surface area (Å²) in [6, 6.07) is 11.3. The van der Waals surface area contributed by atoms with E-state index in [9.17, 15) is 19.5 Å². The number of fused-ring (bicyclic) bond motifs is 1. The molecule has 1 aliphatic heterocycles. The summed E-state index contributed by atoms with van der Waals surface area (Å²) >= 11 is 0. The number of carboxylic acids is 1. The van der Waals surface area contributed by atoms with Crippen molar-refractivity contribution in [2.24, 2.45) is 5.73 Å². The quantitative estimate of drug-likeness (QED) is 0.175. The van der Waals surface area contributed by atoms with Gasteiger partial charge in [0.05, 0.1) is 6.42 Å². The summed E-state index contributed by atoms with van der Waals surface area (Å²) in [5.41, 5.74) is 8.29. The highest BCUT2D eigenvalue weighted by Gasteiger charge is 2.35. The minimum Gasteiger partial charge on any atom is -0.489 e. The van der Waals surface area contributed by atoms with E-state index in [1.165, 1.54) is 4.90 Å². The molecule has 9 nitrogen and oxygen atoms in total. The Hall–Kier alpha value is -3.95. The number of ether oxygens (including phenoxy) is 1. The maximum absolute atomic E-state index is 13.2. The van der Waals surface area contributed by atoms with Crippen LogP contribution in [-0.2, 0) is 22.6 Å². The van der Waals surface area contributed by atoms with Crippen LogP contribution in [0.3, 0.4) is 0 Å². The number of nitrogens with one attached hydrogen (secondary N) is 2. The van der Waals surface area contributed by atoms with Crippen molar-refractivity contribution in [3.63, 3.8) is 0 Å². The number of hydrogen-bond donors (Lipinski definition) is 4. The number of unbranched alkanes of at least 4 members (excludes halogenated alkanes) is 3. The van der Waals surface area contributed by atoms with Crippen molar-refractivity contribution in [3.8, 4) is 5.75 Å². The maximum atomic E-state index is 13.2. The summed E-state index contributed by atoms with van der Waals surface area (Å²) in [7, 11) is 0. The Labute approximate surface area is 224 Å². The van der Waals surface area contributed by atoms with E-state index in [2.05, 4.69) is 13.7 Å². The second-order valence-electron chi connectivity index (χ2n) is 8.93. The fourth-order valence-corrected chi connectivity index (χ4v) is 4.21. The zero-order chi connectivity index (χ0) is 28.1. The molecular weight excluding hydrogens is 491 g/mol. The molecule has 208 valence electrons. The number of nitrogens with two attached hydrogens (primary N) is 1. The number of carbonyl (C=O) groups excluding carboxylic acids is 2. The number of aliphatic carboxylic acids is 1. The van der Waals surface area contributed by atoms with Crippen molar-refractivity contribution in [3.05, 3.63) is 64.7 Å². The minimum atomic E-state index is -1.13. The molecule has 0 saturated heterocycles. The van der Waals surface area contributed by atoms with E-state index in [-0.39, 0.29) is 25.7 Å². The van der Waals surface area contributed by atoms with E-state index in [0.717, 1.165) is 36.8 Å². The molecule has 1 heterocycles.